The van der Waals surface area contributed by atoms with Crippen LogP contribution >= 0.6 is 47.8 Å². The van der Waals surface area contributed by atoms with Crippen molar-refractivity contribution in [3.63, 3.8) is 0 Å². The van der Waals surface area contributed by atoms with Crippen LogP contribution in [0.25, 0.3) is 0 Å². The van der Waals surface area contributed by atoms with Gasteiger partial charge in [-0.25, -0.2) is 0 Å². The van der Waals surface area contributed by atoms with E-state index in [0.29, 0.717) is 8.95 Å². The number of phenolic OH excluding ortho intramolecular Hbond substituents is 3. The maximum atomic E-state index is 11.8. The summed E-state index contributed by atoms with van der Waals surface area (Å²) in [6, 6.07) is 4.08. The lowest BCUT2D eigenvalue weighted by Crippen LogP contribution is -2.14. The van der Waals surface area contributed by atoms with Crippen molar-refractivity contribution in [3.8, 4) is 23.0 Å². The number of carboxylic acids is 1. The summed E-state index contributed by atoms with van der Waals surface area (Å²) in [5.74, 6) is -3.74. The van der Waals surface area contributed by atoms with E-state index < -0.39 is 23.4 Å². The number of benzene rings is 2. The Labute approximate surface area is 162 Å². The summed E-state index contributed by atoms with van der Waals surface area (Å²) < 4.78 is 5.93. The zero-order valence-corrected chi connectivity index (χ0v) is 16.8. The molecule has 24 heavy (non-hydrogen) atoms. The highest BCUT2D eigenvalue weighted by molar-refractivity contribution is 9.13. The van der Waals surface area contributed by atoms with Crippen molar-refractivity contribution in [2.75, 3.05) is 7.11 Å². The van der Waals surface area contributed by atoms with Gasteiger partial charge < -0.3 is 25.2 Å². The fraction of sp³-hybridized carbons (Fsp3) is 0.133. The van der Waals surface area contributed by atoms with Gasteiger partial charge in [-0.1, -0.05) is 0 Å². The number of ether oxygens (including phenoxy) is 1. The Bertz CT molecular complexity index is 798. The molecule has 0 fully saturated rings. The molecule has 2 aromatic rings. The molecule has 0 saturated carbocycles. The van der Waals surface area contributed by atoms with E-state index in [1.54, 1.807) is 0 Å². The highest BCUT2D eigenvalue weighted by atomic mass is 79.9. The van der Waals surface area contributed by atoms with Gasteiger partial charge in [0.2, 0.25) is 0 Å². The first kappa shape index (κ1) is 18.9. The smallest absolute Gasteiger partial charge is 0.315 e. The van der Waals surface area contributed by atoms with Crippen LogP contribution < -0.4 is 4.74 Å². The van der Waals surface area contributed by atoms with Crippen LogP contribution in [0.5, 0.6) is 23.0 Å². The van der Waals surface area contributed by atoms with Crippen LogP contribution in [0.2, 0.25) is 0 Å². The molecule has 0 aliphatic carbocycles. The van der Waals surface area contributed by atoms with Crippen LogP contribution in [0.4, 0.5) is 0 Å². The van der Waals surface area contributed by atoms with Gasteiger partial charge in [-0.3, -0.25) is 4.79 Å². The first-order chi connectivity index (χ1) is 11.2. The molecule has 0 saturated heterocycles. The third-order valence-corrected chi connectivity index (χ3v) is 5.89. The number of carbonyl (C=O) groups is 1. The lowest BCUT2D eigenvalue weighted by molar-refractivity contribution is -0.137. The Morgan fingerprint density at radius 2 is 1.67 bits per heavy atom. The maximum absolute atomic E-state index is 11.8. The first-order valence-electron chi connectivity index (χ1n) is 6.38. The molecule has 128 valence electrons. The first-order valence-corrected chi connectivity index (χ1v) is 8.75. The Kier molecular flexibility index (Phi) is 5.67. The Morgan fingerprint density at radius 3 is 2.17 bits per heavy atom. The van der Waals surface area contributed by atoms with Crippen LogP contribution in [0, 0.1) is 0 Å². The molecule has 0 amide bonds. The minimum atomic E-state index is -1.33. The molecule has 0 aliphatic rings. The summed E-state index contributed by atoms with van der Waals surface area (Å²) in [4.78, 5) is 11.8. The molecule has 0 aromatic heterocycles. The average Bonchev–Trinajstić information content (AvgIpc) is 2.50. The van der Waals surface area contributed by atoms with Crippen LogP contribution in [-0.2, 0) is 4.79 Å². The summed E-state index contributed by atoms with van der Waals surface area (Å²) in [5, 5.41) is 39.7. The normalized spacial score (nSPS) is 12.0. The minimum Gasteiger partial charge on any atom is -0.504 e. The average molecular weight is 527 g/mol. The summed E-state index contributed by atoms with van der Waals surface area (Å²) >= 11 is 9.46. The lowest BCUT2D eigenvalue weighted by Gasteiger charge is -2.18. The molecule has 1 unspecified atom stereocenters. The van der Waals surface area contributed by atoms with E-state index in [4.69, 9.17) is 4.74 Å². The Hall–Kier alpha value is -1.45. The fourth-order valence-corrected chi connectivity index (χ4v) is 3.63. The van der Waals surface area contributed by atoms with Gasteiger partial charge >= 0.3 is 5.97 Å². The molecule has 4 N–H and O–H groups in total. The van der Waals surface area contributed by atoms with Crippen LogP contribution in [0.3, 0.4) is 0 Å². The van der Waals surface area contributed by atoms with Crippen LogP contribution in [0.1, 0.15) is 17.0 Å². The van der Waals surface area contributed by atoms with Crippen molar-refractivity contribution >= 4 is 53.8 Å². The monoisotopic (exact) mass is 524 g/mol. The number of hydrogen-bond acceptors (Lipinski definition) is 5. The number of phenols is 3. The number of halogens is 3. The standard InChI is InChI=1S/C15H11Br3O6/c1-24-14-8(17)2-5(3-9(14)19)10(15(22)23)6-4-7(16)11(18)13(21)12(6)20/h2-4,10,19-21H,1H3,(H,22,23). The van der Waals surface area contributed by atoms with E-state index in [0.717, 1.165) is 0 Å². The molecule has 2 rings (SSSR count). The molecule has 2 aromatic carbocycles. The van der Waals surface area contributed by atoms with Crippen LogP contribution in [-0.4, -0.2) is 33.5 Å². The molecule has 1 atom stereocenters. The van der Waals surface area contributed by atoms with Gasteiger partial charge in [0.05, 0.1) is 16.1 Å². The minimum absolute atomic E-state index is 0.0356. The van der Waals surface area contributed by atoms with Gasteiger partial charge in [0.15, 0.2) is 23.0 Å². The van der Waals surface area contributed by atoms with Gasteiger partial charge in [-0.05, 0) is 71.6 Å². The molecule has 0 bridgehead atoms. The van der Waals surface area contributed by atoms with Gasteiger partial charge in [-0.15, -0.1) is 0 Å². The lowest BCUT2D eigenvalue weighted by atomic mass is 9.90. The molecule has 6 nitrogen and oxygen atoms in total. The van der Waals surface area contributed by atoms with E-state index in [-0.39, 0.29) is 27.1 Å². The summed E-state index contributed by atoms with van der Waals surface area (Å²) in [6.45, 7) is 0. The number of hydrogen-bond donors (Lipinski definition) is 4. The van der Waals surface area contributed by atoms with E-state index >= 15 is 0 Å². The molecular weight excluding hydrogens is 516 g/mol. The third-order valence-electron chi connectivity index (χ3n) is 3.34. The zero-order valence-electron chi connectivity index (χ0n) is 12.0. The molecule has 0 heterocycles. The topological polar surface area (TPSA) is 107 Å². The second kappa shape index (κ2) is 7.20. The van der Waals surface area contributed by atoms with E-state index in [2.05, 4.69) is 47.8 Å². The Balaban J connectivity index is 2.71. The van der Waals surface area contributed by atoms with E-state index in [1.165, 1.54) is 25.3 Å². The van der Waals surface area contributed by atoms with Crippen molar-refractivity contribution < 1.29 is 30.0 Å². The van der Waals surface area contributed by atoms with Gasteiger partial charge in [-0.2, -0.15) is 0 Å². The molecule has 9 heteroatoms. The molecule has 0 aliphatic heterocycles. The van der Waals surface area contributed by atoms with Gasteiger partial charge in [0.25, 0.3) is 0 Å². The van der Waals surface area contributed by atoms with E-state index in [9.17, 15) is 25.2 Å². The largest absolute Gasteiger partial charge is 0.504 e. The highest BCUT2D eigenvalue weighted by Crippen LogP contribution is 2.47. The van der Waals surface area contributed by atoms with Crippen molar-refractivity contribution in [1.29, 1.82) is 0 Å². The van der Waals surface area contributed by atoms with E-state index in [1.807, 2.05) is 0 Å². The highest BCUT2D eigenvalue weighted by Gasteiger charge is 2.29. The van der Waals surface area contributed by atoms with Gasteiger partial charge in [0.1, 0.15) is 5.92 Å². The van der Waals surface area contributed by atoms with Crippen molar-refractivity contribution in [1.82, 2.24) is 0 Å². The SMILES string of the molecule is COc1c(O)cc(C(C(=O)O)c2cc(Br)c(Br)c(O)c2O)cc1Br. The molecular formula is C15H11Br3O6. The summed E-state index contributed by atoms with van der Waals surface area (Å²) in [7, 11) is 1.36. The maximum Gasteiger partial charge on any atom is 0.315 e. The number of carboxylic acid groups (broad SMARTS) is 1. The molecule has 0 spiro atoms. The number of rotatable bonds is 4. The summed E-state index contributed by atoms with van der Waals surface area (Å²) in [5.41, 5.74) is 0.156. The fourth-order valence-electron chi connectivity index (χ4n) is 2.27. The van der Waals surface area contributed by atoms with Crippen molar-refractivity contribution in [2.45, 2.75) is 5.92 Å². The number of aliphatic carboxylic acids is 1. The van der Waals surface area contributed by atoms with Gasteiger partial charge in [0, 0.05) is 10.0 Å². The Morgan fingerprint density at radius 1 is 1.04 bits per heavy atom. The quantitative estimate of drug-likeness (QED) is 0.442. The van der Waals surface area contributed by atoms with Crippen LogP contribution in [0.15, 0.2) is 31.6 Å². The predicted octanol–water partition coefficient (Wildman–Crippen LogP) is 4.32. The molecule has 0 radical (unpaired) electrons. The second-order valence-electron chi connectivity index (χ2n) is 4.79. The predicted molar refractivity (Wildman–Crippen MR) is 97.0 cm³/mol. The van der Waals surface area contributed by atoms with Crippen molar-refractivity contribution in [2.24, 2.45) is 0 Å². The summed E-state index contributed by atoms with van der Waals surface area (Å²) in [6.07, 6.45) is 0. The number of aromatic hydroxyl groups is 3. The zero-order chi connectivity index (χ0) is 18.2. The van der Waals surface area contributed by atoms with Crippen molar-refractivity contribution in [3.05, 3.63) is 42.7 Å². The number of methoxy groups -OCH3 is 1. The third kappa shape index (κ3) is 3.33. The second-order valence-corrected chi connectivity index (χ2v) is 7.29.